The molecule has 3 aliphatic rings. The molecular weight excluding hydrogens is 379 g/mol. The fourth-order valence-electron chi connectivity index (χ4n) is 5.23. The second-order valence-corrected chi connectivity index (χ2v) is 8.57. The number of allylic oxidation sites excluding steroid dienone is 2. The van der Waals surface area contributed by atoms with Crippen molar-refractivity contribution in [2.24, 2.45) is 11.7 Å². The van der Waals surface area contributed by atoms with E-state index in [2.05, 4.69) is 6.58 Å². The van der Waals surface area contributed by atoms with Crippen molar-refractivity contribution in [2.45, 2.75) is 32.6 Å². The number of nitrogens with zero attached hydrogens (tertiary/aromatic N) is 1. The molecule has 30 heavy (non-hydrogen) atoms. The van der Waals surface area contributed by atoms with Crippen LogP contribution in [0.1, 0.15) is 53.2 Å². The molecule has 2 atom stereocenters. The molecule has 2 N–H and O–H groups in total. The van der Waals surface area contributed by atoms with Crippen LogP contribution in [0.5, 0.6) is 0 Å². The van der Waals surface area contributed by atoms with E-state index in [0.29, 0.717) is 30.4 Å². The minimum Gasteiger partial charge on any atom is -0.366 e. The average Bonchev–Trinajstić information content (AvgIpc) is 3.45. The van der Waals surface area contributed by atoms with Crippen molar-refractivity contribution in [1.82, 2.24) is 0 Å². The van der Waals surface area contributed by atoms with Crippen molar-refractivity contribution < 1.29 is 14.0 Å². The number of halogens is 1. The number of benzene rings is 2. The zero-order valence-electron chi connectivity index (χ0n) is 17.1. The number of anilines is 1. The van der Waals surface area contributed by atoms with Crippen LogP contribution in [0.3, 0.4) is 0 Å². The summed E-state index contributed by atoms with van der Waals surface area (Å²) < 4.78 is 15.6. The molecule has 0 saturated heterocycles. The number of rotatable bonds is 3. The van der Waals surface area contributed by atoms with Crippen LogP contribution in [0, 0.1) is 11.7 Å². The summed E-state index contributed by atoms with van der Waals surface area (Å²) in [6, 6.07) is 7.01. The van der Waals surface area contributed by atoms with Gasteiger partial charge in [0.1, 0.15) is 5.82 Å². The molecule has 2 aromatic carbocycles. The maximum atomic E-state index is 15.6. The lowest BCUT2D eigenvalue weighted by Gasteiger charge is -2.30. The predicted octanol–water partition coefficient (Wildman–Crippen LogP) is 4.58. The summed E-state index contributed by atoms with van der Waals surface area (Å²) in [5, 5.41) is 0. The third-order valence-corrected chi connectivity index (χ3v) is 6.90. The highest BCUT2D eigenvalue weighted by Crippen LogP contribution is 2.58. The van der Waals surface area contributed by atoms with Gasteiger partial charge < -0.3 is 10.6 Å². The van der Waals surface area contributed by atoms with E-state index in [1.807, 2.05) is 32.0 Å². The summed E-state index contributed by atoms with van der Waals surface area (Å²) in [4.78, 5) is 26.2. The van der Waals surface area contributed by atoms with E-state index in [1.165, 1.54) is 12.1 Å². The van der Waals surface area contributed by atoms with Crippen molar-refractivity contribution in [3.63, 3.8) is 0 Å². The Morgan fingerprint density at radius 3 is 2.73 bits per heavy atom. The first-order chi connectivity index (χ1) is 14.3. The Labute approximate surface area is 174 Å². The van der Waals surface area contributed by atoms with Crippen LogP contribution in [0.25, 0.3) is 16.7 Å². The first kappa shape index (κ1) is 18.8. The molecule has 1 heterocycles. The van der Waals surface area contributed by atoms with E-state index in [-0.39, 0.29) is 11.5 Å². The molecule has 0 radical (unpaired) electrons. The van der Waals surface area contributed by atoms with E-state index in [9.17, 15) is 9.59 Å². The summed E-state index contributed by atoms with van der Waals surface area (Å²) in [6.45, 7) is 8.28. The van der Waals surface area contributed by atoms with Crippen LogP contribution in [0.4, 0.5) is 10.1 Å². The molecule has 2 aliphatic carbocycles. The number of hydrogen-bond donors (Lipinski definition) is 1. The zero-order valence-corrected chi connectivity index (χ0v) is 17.1. The molecule has 2 amide bonds. The molecule has 0 bridgehead atoms. The lowest BCUT2D eigenvalue weighted by Crippen LogP contribution is -2.34. The van der Waals surface area contributed by atoms with Crippen molar-refractivity contribution >= 4 is 23.1 Å². The van der Waals surface area contributed by atoms with Gasteiger partial charge in [0, 0.05) is 23.4 Å². The molecule has 2 unspecified atom stereocenters. The number of amides is 2. The quantitative estimate of drug-likeness (QED) is 0.764. The van der Waals surface area contributed by atoms with Crippen LogP contribution in [-0.2, 0) is 11.2 Å². The smallest absolute Gasteiger partial charge is 0.250 e. The predicted molar refractivity (Wildman–Crippen MR) is 116 cm³/mol. The zero-order chi connectivity index (χ0) is 21.3. The second-order valence-electron chi connectivity index (χ2n) is 8.57. The van der Waals surface area contributed by atoms with Crippen LogP contribution >= 0.6 is 0 Å². The van der Waals surface area contributed by atoms with Gasteiger partial charge >= 0.3 is 0 Å². The summed E-state index contributed by atoms with van der Waals surface area (Å²) in [6.07, 6.45) is 2.91. The molecule has 0 spiro atoms. The standard InChI is InChI=1S/C25H23FN2O2/c1-4-21(29)28-11-14-9-16(14)23-15(6-5-7-20(23)28)24-19(26)10-18(25(27)30)17-8-12(2)13(3)22(17)24/h4-7,10,14,16H,1,8-9,11H2,2-3H3,(H2,27,30). The van der Waals surface area contributed by atoms with Gasteiger partial charge in [-0.15, -0.1) is 0 Å². The average molecular weight is 402 g/mol. The molecule has 4 nitrogen and oxygen atoms in total. The SMILES string of the molecule is C=CC(=O)N1CC2CC2c2c(-c3c(F)cc(C(N)=O)c4c3C(C)=C(C)C4)cccc21. The first-order valence-electron chi connectivity index (χ1n) is 10.2. The topological polar surface area (TPSA) is 63.4 Å². The van der Waals surface area contributed by atoms with E-state index >= 15 is 4.39 Å². The highest BCUT2D eigenvalue weighted by atomic mass is 19.1. The van der Waals surface area contributed by atoms with E-state index in [4.69, 9.17) is 5.73 Å². The third-order valence-electron chi connectivity index (χ3n) is 6.90. The normalized spacial score (nSPS) is 21.1. The molecule has 5 rings (SSSR count). The van der Waals surface area contributed by atoms with Crippen molar-refractivity contribution in [2.75, 3.05) is 11.4 Å². The molecule has 1 fully saturated rings. The molecule has 152 valence electrons. The van der Waals surface area contributed by atoms with E-state index < -0.39 is 11.7 Å². The van der Waals surface area contributed by atoms with Gasteiger partial charge in [-0.05, 0) is 84.6 Å². The highest BCUT2D eigenvalue weighted by molar-refractivity contribution is 6.04. The molecule has 2 aromatic rings. The Morgan fingerprint density at radius 2 is 2.03 bits per heavy atom. The highest BCUT2D eigenvalue weighted by Gasteiger charge is 2.47. The minimum absolute atomic E-state index is 0.138. The van der Waals surface area contributed by atoms with Gasteiger partial charge in [0.2, 0.25) is 11.8 Å². The fraction of sp³-hybridized carbons (Fsp3) is 0.280. The Hall–Kier alpha value is -3.21. The van der Waals surface area contributed by atoms with Crippen molar-refractivity contribution in [3.8, 4) is 11.1 Å². The summed E-state index contributed by atoms with van der Waals surface area (Å²) in [5.74, 6) is -0.487. The minimum atomic E-state index is -0.612. The Morgan fingerprint density at radius 1 is 1.27 bits per heavy atom. The maximum absolute atomic E-state index is 15.6. The van der Waals surface area contributed by atoms with Gasteiger partial charge in [-0.2, -0.15) is 0 Å². The number of fused-ring (bicyclic) bond motifs is 4. The van der Waals surface area contributed by atoms with Crippen molar-refractivity contribution in [3.05, 3.63) is 70.6 Å². The third kappa shape index (κ3) is 2.51. The maximum Gasteiger partial charge on any atom is 0.250 e. The molecule has 5 heteroatoms. The van der Waals surface area contributed by atoms with Gasteiger partial charge in [0.25, 0.3) is 0 Å². The monoisotopic (exact) mass is 402 g/mol. The number of primary amides is 1. The number of hydrogen-bond acceptors (Lipinski definition) is 2. The Bertz CT molecular complexity index is 1190. The van der Waals surface area contributed by atoms with Crippen molar-refractivity contribution in [1.29, 1.82) is 0 Å². The number of carbonyl (C=O) groups excluding carboxylic acids is 2. The van der Waals surface area contributed by atoms with Crippen LogP contribution in [0.15, 0.2) is 42.5 Å². The van der Waals surface area contributed by atoms with Gasteiger partial charge in [-0.1, -0.05) is 24.3 Å². The second kappa shape index (κ2) is 6.39. The summed E-state index contributed by atoms with van der Waals surface area (Å²) in [5.41, 5.74) is 12.7. The largest absolute Gasteiger partial charge is 0.366 e. The van der Waals surface area contributed by atoms with Gasteiger partial charge in [-0.25, -0.2) is 4.39 Å². The molecule has 1 saturated carbocycles. The van der Waals surface area contributed by atoms with E-state index in [1.54, 1.807) is 4.90 Å². The van der Waals surface area contributed by atoms with Gasteiger partial charge in [0.05, 0.1) is 0 Å². The molecular formula is C25H23FN2O2. The van der Waals surface area contributed by atoms with Crippen LogP contribution in [0.2, 0.25) is 0 Å². The fourth-order valence-corrected chi connectivity index (χ4v) is 5.23. The number of nitrogens with two attached hydrogens (primary N) is 1. The lowest BCUT2D eigenvalue weighted by molar-refractivity contribution is -0.114. The van der Waals surface area contributed by atoms with Gasteiger partial charge in [-0.3, -0.25) is 9.59 Å². The van der Waals surface area contributed by atoms with E-state index in [0.717, 1.165) is 45.5 Å². The number of carbonyl (C=O) groups is 2. The summed E-state index contributed by atoms with van der Waals surface area (Å²) >= 11 is 0. The van der Waals surface area contributed by atoms with Crippen LogP contribution < -0.4 is 10.6 Å². The molecule has 0 aromatic heterocycles. The Kier molecular flexibility index (Phi) is 4.01. The lowest BCUT2D eigenvalue weighted by atomic mass is 9.85. The van der Waals surface area contributed by atoms with Crippen LogP contribution in [-0.4, -0.2) is 18.4 Å². The summed E-state index contributed by atoms with van der Waals surface area (Å²) in [7, 11) is 0. The van der Waals surface area contributed by atoms with Gasteiger partial charge in [0.15, 0.2) is 0 Å². The molecule has 1 aliphatic heterocycles. The first-order valence-corrected chi connectivity index (χ1v) is 10.2. The Balaban J connectivity index is 1.80.